The van der Waals surface area contributed by atoms with E-state index in [9.17, 15) is 14.7 Å². The van der Waals surface area contributed by atoms with Gasteiger partial charge in [0.05, 0.1) is 12.7 Å². The van der Waals surface area contributed by atoms with Crippen LogP contribution < -0.4 is 0 Å². The Bertz CT molecular complexity index is 248. The summed E-state index contributed by atoms with van der Waals surface area (Å²) in [6.45, 7) is 4.23. The van der Waals surface area contributed by atoms with Crippen LogP contribution in [-0.2, 0) is 23.8 Å². The molecule has 1 saturated heterocycles. The van der Waals surface area contributed by atoms with Crippen LogP contribution in [-0.4, -0.2) is 48.1 Å². The fourth-order valence-corrected chi connectivity index (χ4v) is 1.62. The van der Waals surface area contributed by atoms with Gasteiger partial charge in [0.25, 0.3) is 0 Å². The summed E-state index contributed by atoms with van der Waals surface area (Å²) < 4.78 is 15.1. The van der Waals surface area contributed by atoms with Gasteiger partial charge in [-0.2, -0.15) is 0 Å². The molecule has 6 nitrogen and oxygen atoms in total. The lowest BCUT2D eigenvalue weighted by Crippen LogP contribution is -2.55. The van der Waals surface area contributed by atoms with Crippen molar-refractivity contribution in [1.29, 1.82) is 0 Å². The van der Waals surface area contributed by atoms with E-state index in [0.29, 0.717) is 0 Å². The molecule has 4 atom stereocenters. The van der Waals surface area contributed by atoms with Crippen LogP contribution in [0.3, 0.4) is 0 Å². The van der Waals surface area contributed by atoms with E-state index >= 15 is 0 Å². The Morgan fingerprint density at radius 1 is 1.19 bits per heavy atom. The van der Waals surface area contributed by atoms with Gasteiger partial charge in [-0.05, 0) is 6.92 Å². The molecule has 0 saturated carbocycles. The number of carbonyl (C=O) groups is 2. The van der Waals surface area contributed by atoms with E-state index < -0.39 is 36.4 Å². The molecule has 6 heteroatoms. The second-order valence-electron chi connectivity index (χ2n) is 3.75. The average Bonchev–Trinajstić information content (AvgIpc) is 2.16. The number of hydrogen-bond acceptors (Lipinski definition) is 6. The normalized spacial score (nSPS) is 34.2. The molecule has 0 bridgehead atoms. The van der Waals surface area contributed by atoms with Crippen molar-refractivity contribution in [2.24, 2.45) is 0 Å². The Morgan fingerprint density at radius 3 is 2.19 bits per heavy atom. The molecule has 0 aromatic rings. The summed E-state index contributed by atoms with van der Waals surface area (Å²) in [5.41, 5.74) is 0. The van der Waals surface area contributed by atoms with Crippen LogP contribution in [0.1, 0.15) is 20.8 Å². The Morgan fingerprint density at radius 2 is 1.69 bits per heavy atom. The van der Waals surface area contributed by atoms with E-state index in [-0.39, 0.29) is 6.61 Å². The zero-order valence-corrected chi connectivity index (χ0v) is 9.50. The largest absolute Gasteiger partial charge is 0.456 e. The number of carbonyl (C=O) groups excluding carboxylic acids is 2. The van der Waals surface area contributed by atoms with Crippen LogP contribution in [0.25, 0.3) is 0 Å². The first-order valence-corrected chi connectivity index (χ1v) is 5.06. The highest BCUT2D eigenvalue weighted by Gasteiger charge is 2.42. The Kier molecular flexibility index (Phi) is 4.26. The summed E-state index contributed by atoms with van der Waals surface area (Å²) in [7, 11) is 0. The predicted molar refractivity (Wildman–Crippen MR) is 52.5 cm³/mol. The van der Waals surface area contributed by atoms with Crippen molar-refractivity contribution in [3.05, 3.63) is 0 Å². The Balaban J connectivity index is 2.76. The molecule has 0 unspecified atom stereocenters. The first-order chi connectivity index (χ1) is 7.41. The van der Waals surface area contributed by atoms with Gasteiger partial charge in [0.15, 0.2) is 12.2 Å². The maximum Gasteiger partial charge on any atom is 0.303 e. The zero-order valence-electron chi connectivity index (χ0n) is 9.50. The summed E-state index contributed by atoms with van der Waals surface area (Å²) in [5, 5.41) is 9.63. The zero-order chi connectivity index (χ0) is 12.3. The third-order valence-corrected chi connectivity index (χ3v) is 2.30. The number of rotatable bonds is 2. The topological polar surface area (TPSA) is 82.1 Å². The molecule has 1 N–H and O–H groups in total. The van der Waals surface area contributed by atoms with Crippen LogP contribution in [0.2, 0.25) is 0 Å². The minimum absolute atomic E-state index is 0.0525. The van der Waals surface area contributed by atoms with Crippen LogP contribution >= 0.6 is 0 Å². The molecule has 1 aliphatic heterocycles. The van der Waals surface area contributed by atoms with Gasteiger partial charge < -0.3 is 19.3 Å². The molecule has 0 amide bonds. The first kappa shape index (κ1) is 12.9. The quantitative estimate of drug-likeness (QED) is 0.654. The van der Waals surface area contributed by atoms with Crippen molar-refractivity contribution < 1.29 is 28.9 Å². The van der Waals surface area contributed by atoms with Gasteiger partial charge >= 0.3 is 11.9 Å². The second kappa shape index (κ2) is 5.27. The summed E-state index contributed by atoms with van der Waals surface area (Å²) in [5.74, 6) is -1.04. The van der Waals surface area contributed by atoms with Gasteiger partial charge in [-0.3, -0.25) is 9.59 Å². The van der Waals surface area contributed by atoms with E-state index in [1.165, 1.54) is 13.8 Å². The summed E-state index contributed by atoms with van der Waals surface area (Å²) >= 11 is 0. The molecular weight excluding hydrogens is 216 g/mol. The van der Waals surface area contributed by atoms with Crippen molar-refractivity contribution in [3.8, 4) is 0 Å². The molecule has 0 aromatic carbocycles. The highest BCUT2D eigenvalue weighted by atomic mass is 16.6. The van der Waals surface area contributed by atoms with Gasteiger partial charge in [0.1, 0.15) is 6.10 Å². The molecule has 0 spiro atoms. The van der Waals surface area contributed by atoms with Gasteiger partial charge in [0.2, 0.25) is 0 Å². The van der Waals surface area contributed by atoms with Gasteiger partial charge in [-0.1, -0.05) is 0 Å². The van der Waals surface area contributed by atoms with E-state index in [2.05, 4.69) is 0 Å². The third kappa shape index (κ3) is 3.18. The van der Waals surface area contributed by atoms with Crippen molar-refractivity contribution in [1.82, 2.24) is 0 Å². The smallest absolute Gasteiger partial charge is 0.303 e. The lowest BCUT2D eigenvalue weighted by atomic mass is 10.0. The molecule has 1 rings (SSSR count). The number of aliphatic hydroxyl groups is 1. The molecule has 16 heavy (non-hydrogen) atoms. The van der Waals surface area contributed by atoms with Crippen LogP contribution in [0.5, 0.6) is 0 Å². The molecular formula is C10H16O6. The Labute approximate surface area is 93.5 Å². The molecule has 1 heterocycles. The van der Waals surface area contributed by atoms with Gasteiger partial charge in [-0.15, -0.1) is 0 Å². The van der Waals surface area contributed by atoms with Crippen molar-refractivity contribution in [2.45, 2.75) is 45.2 Å². The monoisotopic (exact) mass is 232 g/mol. The summed E-state index contributed by atoms with van der Waals surface area (Å²) in [4.78, 5) is 21.8. The maximum absolute atomic E-state index is 10.9. The molecule has 0 radical (unpaired) electrons. The molecule has 1 fully saturated rings. The second-order valence-corrected chi connectivity index (χ2v) is 3.75. The Hall–Kier alpha value is -1.14. The number of hydrogen-bond donors (Lipinski definition) is 1. The van der Waals surface area contributed by atoms with Crippen LogP contribution in [0.15, 0.2) is 0 Å². The fourth-order valence-electron chi connectivity index (χ4n) is 1.62. The fraction of sp³-hybridized carbons (Fsp3) is 0.800. The SMILES string of the molecule is CC(=O)O[C@@H]1[C@@H](OC(C)=O)[C@H](C)OC[C@H]1O. The summed E-state index contributed by atoms with van der Waals surface area (Å²) in [6.07, 6.45) is -3.05. The minimum atomic E-state index is -0.982. The van der Waals surface area contributed by atoms with Crippen LogP contribution in [0, 0.1) is 0 Å². The highest BCUT2D eigenvalue weighted by molar-refractivity contribution is 5.67. The molecule has 0 aliphatic carbocycles. The molecule has 92 valence electrons. The van der Waals surface area contributed by atoms with Crippen molar-refractivity contribution >= 4 is 11.9 Å². The van der Waals surface area contributed by atoms with Crippen molar-refractivity contribution in [2.75, 3.05) is 6.61 Å². The highest BCUT2D eigenvalue weighted by Crippen LogP contribution is 2.21. The lowest BCUT2D eigenvalue weighted by molar-refractivity contribution is -0.215. The number of esters is 2. The minimum Gasteiger partial charge on any atom is -0.456 e. The number of ether oxygens (including phenoxy) is 3. The molecule has 0 aromatic heterocycles. The van der Waals surface area contributed by atoms with Crippen LogP contribution in [0.4, 0.5) is 0 Å². The van der Waals surface area contributed by atoms with E-state index in [0.717, 1.165) is 0 Å². The van der Waals surface area contributed by atoms with Gasteiger partial charge in [-0.25, -0.2) is 0 Å². The predicted octanol–water partition coefficient (Wildman–Crippen LogP) is -0.371. The summed E-state index contributed by atoms with van der Waals surface area (Å²) in [6, 6.07) is 0. The van der Waals surface area contributed by atoms with E-state index in [1.54, 1.807) is 6.92 Å². The standard InChI is InChI=1S/C10H16O6/c1-5-9(15-6(2)11)10(16-7(3)12)8(13)4-14-5/h5,8-10,13H,4H2,1-3H3/t5-,8+,9-,10-/m0/s1. The molecule has 1 aliphatic rings. The van der Waals surface area contributed by atoms with E-state index in [1.807, 2.05) is 0 Å². The number of aliphatic hydroxyl groups excluding tert-OH is 1. The average molecular weight is 232 g/mol. The first-order valence-electron chi connectivity index (χ1n) is 5.06. The lowest BCUT2D eigenvalue weighted by Gasteiger charge is -2.37. The van der Waals surface area contributed by atoms with Crippen molar-refractivity contribution in [3.63, 3.8) is 0 Å². The third-order valence-electron chi connectivity index (χ3n) is 2.30. The maximum atomic E-state index is 10.9. The van der Waals surface area contributed by atoms with E-state index in [4.69, 9.17) is 14.2 Å². The van der Waals surface area contributed by atoms with Gasteiger partial charge in [0, 0.05) is 13.8 Å².